The van der Waals surface area contributed by atoms with E-state index < -0.39 is 18.8 Å². The number of amides is 1. The number of carbonyl (C=O) groups is 1. The van der Waals surface area contributed by atoms with Crippen LogP contribution in [-0.2, 0) is 4.79 Å². The Morgan fingerprint density at radius 3 is 1.77 bits per heavy atom. The number of nitrogens with zero attached hydrogens (tertiary/aromatic N) is 1. The molecule has 0 aromatic carbocycles. The Labute approximate surface area is 77.9 Å². The van der Waals surface area contributed by atoms with Gasteiger partial charge in [0, 0.05) is 18.5 Å². The van der Waals surface area contributed by atoms with E-state index in [1.165, 1.54) is 4.90 Å². The molecule has 0 unspecified atom stereocenters. The van der Waals surface area contributed by atoms with Crippen molar-refractivity contribution in [1.29, 1.82) is 0 Å². The monoisotopic (exact) mass is 193 g/mol. The second kappa shape index (κ2) is 5.14. The van der Waals surface area contributed by atoms with Crippen molar-refractivity contribution in [3.05, 3.63) is 0 Å². The van der Waals surface area contributed by atoms with Crippen LogP contribution in [0.5, 0.6) is 0 Å². The number of hydrogen-bond acceptors (Lipinski definition) is 1. The molecule has 0 heterocycles. The van der Waals surface area contributed by atoms with Gasteiger partial charge in [-0.05, 0) is 0 Å². The van der Waals surface area contributed by atoms with Crippen molar-refractivity contribution in [3.8, 4) is 0 Å². The first-order chi connectivity index (χ1) is 5.93. The van der Waals surface area contributed by atoms with Crippen molar-refractivity contribution in [2.45, 2.75) is 20.8 Å². The molecule has 0 aliphatic heterocycles. The average Bonchev–Trinajstić information content (AvgIpc) is 2.01. The molecule has 0 aliphatic rings. The summed E-state index contributed by atoms with van der Waals surface area (Å²) in [5, 5.41) is 0. The Kier molecular flexibility index (Phi) is 4.88. The predicted molar refractivity (Wildman–Crippen MR) is 48.0 cm³/mol. The van der Waals surface area contributed by atoms with Crippen LogP contribution in [0.4, 0.5) is 8.78 Å². The molecular weight excluding hydrogens is 176 g/mol. The second-order valence-electron chi connectivity index (χ2n) is 3.92. The van der Waals surface area contributed by atoms with Gasteiger partial charge in [-0.1, -0.05) is 20.8 Å². The molecular formula is C9H17F2NO. The topological polar surface area (TPSA) is 20.3 Å². The van der Waals surface area contributed by atoms with Gasteiger partial charge in [0.15, 0.2) is 0 Å². The van der Waals surface area contributed by atoms with Crippen LogP contribution in [0, 0.1) is 5.41 Å². The van der Waals surface area contributed by atoms with Gasteiger partial charge in [-0.3, -0.25) is 4.79 Å². The molecule has 78 valence electrons. The number of carbonyl (C=O) groups excluding carboxylic acids is 1. The minimum absolute atomic E-state index is 0.0139. The molecule has 0 saturated carbocycles. The highest BCUT2D eigenvalue weighted by atomic mass is 19.1. The van der Waals surface area contributed by atoms with E-state index in [1.54, 1.807) is 20.8 Å². The fraction of sp³-hybridized carbons (Fsp3) is 0.889. The van der Waals surface area contributed by atoms with Crippen molar-refractivity contribution in [1.82, 2.24) is 4.90 Å². The van der Waals surface area contributed by atoms with Crippen LogP contribution in [0.1, 0.15) is 20.8 Å². The number of halogens is 2. The van der Waals surface area contributed by atoms with E-state index in [4.69, 9.17) is 0 Å². The summed E-state index contributed by atoms with van der Waals surface area (Å²) in [6.45, 7) is 3.93. The van der Waals surface area contributed by atoms with Crippen molar-refractivity contribution in [2.75, 3.05) is 26.4 Å². The molecule has 0 rings (SSSR count). The van der Waals surface area contributed by atoms with Crippen molar-refractivity contribution in [3.63, 3.8) is 0 Å². The van der Waals surface area contributed by atoms with E-state index >= 15 is 0 Å². The maximum absolute atomic E-state index is 12.0. The third-order valence-corrected chi connectivity index (χ3v) is 1.64. The predicted octanol–water partition coefficient (Wildman–Crippen LogP) is 1.80. The first-order valence-corrected chi connectivity index (χ1v) is 4.34. The quantitative estimate of drug-likeness (QED) is 0.666. The summed E-state index contributed by atoms with van der Waals surface area (Å²) in [5.41, 5.74) is -0.565. The van der Waals surface area contributed by atoms with E-state index in [0.717, 1.165) is 0 Å². The van der Waals surface area contributed by atoms with E-state index in [0.29, 0.717) is 0 Å². The van der Waals surface area contributed by atoms with Gasteiger partial charge in [0.05, 0.1) is 0 Å². The molecule has 0 radical (unpaired) electrons. The number of alkyl halides is 2. The Morgan fingerprint density at radius 1 is 1.15 bits per heavy atom. The molecule has 0 aliphatic carbocycles. The largest absolute Gasteiger partial charge is 0.337 e. The van der Waals surface area contributed by atoms with Crippen LogP contribution in [-0.4, -0.2) is 37.2 Å². The Morgan fingerprint density at radius 2 is 1.54 bits per heavy atom. The third-order valence-electron chi connectivity index (χ3n) is 1.64. The highest BCUT2D eigenvalue weighted by molar-refractivity contribution is 5.81. The fourth-order valence-electron chi connectivity index (χ4n) is 0.993. The summed E-state index contributed by atoms with van der Waals surface area (Å²) < 4.78 is 24.0. The molecule has 0 saturated heterocycles. The highest BCUT2D eigenvalue weighted by Crippen LogP contribution is 2.17. The van der Waals surface area contributed by atoms with Gasteiger partial charge in [0.2, 0.25) is 5.91 Å². The molecule has 0 spiro atoms. The van der Waals surface area contributed by atoms with Crippen LogP contribution in [0.3, 0.4) is 0 Å². The first-order valence-electron chi connectivity index (χ1n) is 4.34. The van der Waals surface area contributed by atoms with Crippen molar-refractivity contribution >= 4 is 5.91 Å². The summed E-state index contributed by atoms with van der Waals surface area (Å²) in [5.74, 6) is -0.206. The van der Waals surface area contributed by atoms with Crippen molar-refractivity contribution in [2.24, 2.45) is 5.41 Å². The SMILES string of the molecule is CC(C)(C)C(=O)N(CCF)CCF. The van der Waals surface area contributed by atoms with E-state index in [9.17, 15) is 13.6 Å². The maximum Gasteiger partial charge on any atom is 0.228 e. The van der Waals surface area contributed by atoms with Gasteiger partial charge in [-0.25, -0.2) is 8.78 Å². The fourth-order valence-corrected chi connectivity index (χ4v) is 0.993. The Balaban J connectivity index is 4.27. The highest BCUT2D eigenvalue weighted by Gasteiger charge is 2.26. The molecule has 0 aromatic rings. The third kappa shape index (κ3) is 4.20. The standard InChI is InChI=1S/C9H17F2NO/c1-9(2,3)8(13)12(6-4-10)7-5-11/h4-7H2,1-3H3. The smallest absolute Gasteiger partial charge is 0.228 e. The lowest BCUT2D eigenvalue weighted by Crippen LogP contribution is -2.41. The Hall–Kier alpha value is -0.670. The zero-order valence-corrected chi connectivity index (χ0v) is 8.44. The average molecular weight is 193 g/mol. The van der Waals surface area contributed by atoms with Gasteiger partial charge in [0.25, 0.3) is 0 Å². The minimum Gasteiger partial charge on any atom is -0.337 e. The molecule has 0 atom stereocenters. The van der Waals surface area contributed by atoms with E-state index in [2.05, 4.69) is 0 Å². The lowest BCUT2D eigenvalue weighted by Gasteiger charge is -2.27. The Bertz CT molecular complexity index is 159. The first kappa shape index (κ1) is 12.3. The van der Waals surface area contributed by atoms with Crippen LogP contribution < -0.4 is 0 Å². The summed E-state index contributed by atoms with van der Waals surface area (Å²) in [6, 6.07) is 0. The molecule has 2 nitrogen and oxygen atoms in total. The zero-order valence-electron chi connectivity index (χ0n) is 8.44. The van der Waals surface area contributed by atoms with Gasteiger partial charge >= 0.3 is 0 Å². The van der Waals surface area contributed by atoms with Gasteiger partial charge in [0.1, 0.15) is 13.3 Å². The molecule has 0 N–H and O–H groups in total. The van der Waals surface area contributed by atoms with Crippen LogP contribution in [0.15, 0.2) is 0 Å². The molecule has 0 bridgehead atoms. The summed E-state index contributed by atoms with van der Waals surface area (Å²) in [7, 11) is 0. The second-order valence-corrected chi connectivity index (χ2v) is 3.92. The zero-order chi connectivity index (χ0) is 10.5. The normalized spacial score (nSPS) is 11.5. The van der Waals surface area contributed by atoms with E-state index in [1.807, 2.05) is 0 Å². The van der Waals surface area contributed by atoms with Crippen LogP contribution in [0.2, 0.25) is 0 Å². The number of hydrogen-bond donors (Lipinski definition) is 0. The summed E-state index contributed by atoms with van der Waals surface area (Å²) in [6.07, 6.45) is 0. The lowest BCUT2D eigenvalue weighted by atomic mass is 9.95. The molecule has 0 aromatic heterocycles. The van der Waals surface area contributed by atoms with Gasteiger partial charge in [-0.15, -0.1) is 0 Å². The van der Waals surface area contributed by atoms with Gasteiger partial charge in [-0.2, -0.15) is 0 Å². The molecule has 1 amide bonds. The summed E-state index contributed by atoms with van der Waals surface area (Å²) in [4.78, 5) is 12.8. The number of rotatable bonds is 4. The lowest BCUT2D eigenvalue weighted by molar-refractivity contribution is -0.139. The van der Waals surface area contributed by atoms with E-state index in [-0.39, 0.29) is 19.0 Å². The maximum atomic E-state index is 12.0. The molecule has 0 fully saturated rings. The summed E-state index contributed by atoms with van der Waals surface area (Å²) >= 11 is 0. The van der Waals surface area contributed by atoms with Crippen molar-refractivity contribution < 1.29 is 13.6 Å². The minimum atomic E-state index is -0.623. The van der Waals surface area contributed by atoms with Gasteiger partial charge < -0.3 is 4.90 Å². The van der Waals surface area contributed by atoms with Crippen LogP contribution >= 0.6 is 0 Å². The molecule has 4 heteroatoms. The molecule has 13 heavy (non-hydrogen) atoms. The van der Waals surface area contributed by atoms with Crippen LogP contribution in [0.25, 0.3) is 0 Å².